The summed E-state index contributed by atoms with van der Waals surface area (Å²) in [7, 11) is 0. The molecule has 4 amide bonds. The van der Waals surface area contributed by atoms with Crippen molar-refractivity contribution in [3.05, 3.63) is 60.2 Å². The number of carbonyl (C=O) groups excluding carboxylic acids is 3. The molecule has 1 fully saturated rings. The standard InChI is InChI=1S/C19H15N3O4/c1-2-12-20-19(16(23)21-18(25)22-17(19)24)13-8-10-15(11-9-13)26-14-6-4-3-5-7-14/h1,3-11,20H,12H2,(H2,21,22,23,24,25). The van der Waals surface area contributed by atoms with Crippen LogP contribution in [-0.4, -0.2) is 24.4 Å². The molecule has 3 rings (SSSR count). The minimum Gasteiger partial charge on any atom is -0.457 e. The van der Waals surface area contributed by atoms with Crippen molar-refractivity contribution in [1.82, 2.24) is 16.0 Å². The summed E-state index contributed by atoms with van der Waals surface area (Å²) >= 11 is 0. The number of rotatable bonds is 5. The molecule has 2 aromatic rings. The molecule has 1 heterocycles. The largest absolute Gasteiger partial charge is 0.457 e. The highest BCUT2D eigenvalue weighted by Crippen LogP contribution is 2.28. The number of urea groups is 1. The molecule has 1 aliphatic heterocycles. The van der Waals surface area contributed by atoms with Gasteiger partial charge in [0.2, 0.25) is 5.54 Å². The van der Waals surface area contributed by atoms with Gasteiger partial charge >= 0.3 is 6.03 Å². The Morgan fingerprint density at radius 2 is 1.50 bits per heavy atom. The van der Waals surface area contributed by atoms with E-state index in [1.165, 1.54) is 0 Å². The fourth-order valence-corrected chi connectivity index (χ4v) is 2.63. The fourth-order valence-electron chi connectivity index (χ4n) is 2.63. The Hall–Kier alpha value is -3.63. The van der Waals surface area contributed by atoms with Gasteiger partial charge in [0.15, 0.2) is 0 Å². The topological polar surface area (TPSA) is 96.5 Å². The van der Waals surface area contributed by atoms with Crippen molar-refractivity contribution in [2.24, 2.45) is 0 Å². The van der Waals surface area contributed by atoms with E-state index in [4.69, 9.17) is 11.2 Å². The van der Waals surface area contributed by atoms with Crippen molar-refractivity contribution in [1.29, 1.82) is 0 Å². The lowest BCUT2D eigenvalue weighted by Crippen LogP contribution is -2.70. The van der Waals surface area contributed by atoms with E-state index in [-0.39, 0.29) is 6.54 Å². The van der Waals surface area contributed by atoms with E-state index < -0.39 is 23.4 Å². The predicted octanol–water partition coefficient (Wildman–Crippen LogP) is 1.26. The molecule has 0 atom stereocenters. The quantitative estimate of drug-likeness (QED) is 0.558. The van der Waals surface area contributed by atoms with E-state index in [0.29, 0.717) is 17.1 Å². The number of nitrogens with one attached hydrogen (secondary N) is 3. The second-order valence-electron chi connectivity index (χ2n) is 5.48. The van der Waals surface area contributed by atoms with Gasteiger partial charge in [-0.15, -0.1) is 6.42 Å². The zero-order valence-corrected chi connectivity index (χ0v) is 13.6. The first kappa shape index (κ1) is 17.2. The molecule has 0 bridgehead atoms. The molecule has 0 radical (unpaired) electrons. The SMILES string of the molecule is C#CCNC1(c2ccc(Oc3ccccc3)cc2)C(=O)NC(=O)NC1=O. The van der Waals surface area contributed by atoms with E-state index in [0.717, 1.165) is 0 Å². The van der Waals surface area contributed by atoms with Crippen molar-refractivity contribution >= 4 is 17.8 Å². The molecule has 0 aliphatic carbocycles. The second kappa shape index (κ2) is 7.09. The summed E-state index contributed by atoms with van der Waals surface area (Å²) in [5.41, 5.74) is -1.47. The number of ether oxygens (including phenoxy) is 1. The number of hydrogen-bond acceptors (Lipinski definition) is 5. The third-order valence-electron chi connectivity index (χ3n) is 3.86. The number of para-hydroxylation sites is 1. The molecule has 0 saturated carbocycles. The molecule has 1 saturated heterocycles. The summed E-state index contributed by atoms with van der Waals surface area (Å²) in [5.74, 6) is 1.92. The predicted molar refractivity (Wildman–Crippen MR) is 93.2 cm³/mol. The molecule has 2 aromatic carbocycles. The number of imide groups is 2. The van der Waals surface area contributed by atoms with Crippen LogP contribution in [0.1, 0.15) is 5.56 Å². The number of terminal acetylenes is 1. The number of benzene rings is 2. The Morgan fingerprint density at radius 3 is 2.08 bits per heavy atom. The third-order valence-corrected chi connectivity index (χ3v) is 3.86. The van der Waals surface area contributed by atoms with E-state index >= 15 is 0 Å². The Morgan fingerprint density at radius 1 is 0.923 bits per heavy atom. The van der Waals surface area contributed by atoms with Crippen LogP contribution in [0.3, 0.4) is 0 Å². The molecule has 0 unspecified atom stereocenters. The average molecular weight is 349 g/mol. The lowest BCUT2D eigenvalue weighted by molar-refractivity contribution is -0.140. The normalized spacial score (nSPS) is 15.6. The van der Waals surface area contributed by atoms with Gasteiger partial charge in [0.05, 0.1) is 6.54 Å². The molecular formula is C19H15N3O4. The minimum absolute atomic E-state index is 0.0443. The van der Waals surface area contributed by atoms with Crippen molar-refractivity contribution < 1.29 is 19.1 Å². The van der Waals surface area contributed by atoms with Crippen LogP contribution >= 0.6 is 0 Å². The summed E-state index contributed by atoms with van der Waals surface area (Å²) in [6.45, 7) is -0.0443. The van der Waals surface area contributed by atoms with E-state index in [1.807, 2.05) is 18.2 Å². The summed E-state index contributed by atoms with van der Waals surface area (Å²) in [6, 6.07) is 14.7. The average Bonchev–Trinajstić information content (AvgIpc) is 2.63. The maximum atomic E-state index is 12.5. The second-order valence-corrected chi connectivity index (χ2v) is 5.48. The molecular weight excluding hydrogens is 334 g/mol. The van der Waals surface area contributed by atoms with E-state index in [1.54, 1.807) is 36.4 Å². The Labute approximate surface area is 149 Å². The molecule has 3 N–H and O–H groups in total. The Kier molecular flexibility index (Phi) is 4.69. The molecule has 1 aliphatic rings. The van der Waals surface area contributed by atoms with Crippen LogP contribution in [0.25, 0.3) is 0 Å². The number of carbonyl (C=O) groups is 3. The van der Waals surface area contributed by atoms with E-state index in [2.05, 4.69) is 21.9 Å². The smallest absolute Gasteiger partial charge is 0.328 e. The number of hydrogen-bond donors (Lipinski definition) is 3. The van der Waals surface area contributed by atoms with Gasteiger partial charge < -0.3 is 4.74 Å². The van der Waals surface area contributed by atoms with Gasteiger partial charge in [-0.25, -0.2) is 4.79 Å². The first-order valence-corrected chi connectivity index (χ1v) is 7.75. The van der Waals surface area contributed by atoms with Gasteiger partial charge in [0.1, 0.15) is 11.5 Å². The monoisotopic (exact) mass is 349 g/mol. The first-order chi connectivity index (χ1) is 12.6. The number of amides is 4. The van der Waals surface area contributed by atoms with Crippen molar-refractivity contribution in [2.75, 3.05) is 6.54 Å². The van der Waals surface area contributed by atoms with E-state index in [9.17, 15) is 14.4 Å². The van der Waals surface area contributed by atoms with Crippen molar-refractivity contribution in [3.8, 4) is 23.8 Å². The van der Waals surface area contributed by atoms with Gasteiger partial charge in [-0.2, -0.15) is 0 Å². The van der Waals surface area contributed by atoms with Gasteiger partial charge in [-0.3, -0.25) is 25.5 Å². The lowest BCUT2D eigenvalue weighted by atomic mass is 9.86. The van der Waals surface area contributed by atoms with Crippen LogP contribution < -0.4 is 20.7 Å². The van der Waals surface area contributed by atoms with Crippen LogP contribution in [-0.2, 0) is 15.1 Å². The molecule has 0 aromatic heterocycles. The first-order valence-electron chi connectivity index (χ1n) is 7.75. The van der Waals surface area contributed by atoms with Crippen LogP contribution in [0.15, 0.2) is 54.6 Å². The van der Waals surface area contributed by atoms with Crippen molar-refractivity contribution in [3.63, 3.8) is 0 Å². The fraction of sp³-hybridized carbons (Fsp3) is 0.105. The Balaban J connectivity index is 1.92. The highest BCUT2D eigenvalue weighted by atomic mass is 16.5. The van der Waals surface area contributed by atoms with Crippen LogP contribution in [0, 0.1) is 12.3 Å². The molecule has 0 spiro atoms. The molecule has 26 heavy (non-hydrogen) atoms. The van der Waals surface area contributed by atoms with Crippen molar-refractivity contribution in [2.45, 2.75) is 5.54 Å². The molecule has 130 valence electrons. The third kappa shape index (κ3) is 3.14. The maximum Gasteiger partial charge on any atom is 0.328 e. The van der Waals surface area contributed by atoms with Gasteiger partial charge in [0, 0.05) is 0 Å². The van der Waals surface area contributed by atoms with Gasteiger partial charge in [-0.05, 0) is 29.8 Å². The summed E-state index contributed by atoms with van der Waals surface area (Å²) < 4.78 is 5.70. The highest BCUT2D eigenvalue weighted by molar-refractivity contribution is 6.22. The minimum atomic E-state index is -1.80. The lowest BCUT2D eigenvalue weighted by Gasteiger charge is -2.34. The maximum absolute atomic E-state index is 12.5. The summed E-state index contributed by atoms with van der Waals surface area (Å²) in [6.07, 6.45) is 5.25. The number of barbiturate groups is 1. The Bertz CT molecular complexity index is 865. The highest BCUT2D eigenvalue weighted by Gasteiger charge is 2.51. The van der Waals surface area contributed by atoms with Crippen LogP contribution in [0.4, 0.5) is 4.79 Å². The molecule has 7 heteroatoms. The summed E-state index contributed by atoms with van der Waals surface area (Å²) in [5, 5.41) is 6.92. The summed E-state index contributed by atoms with van der Waals surface area (Å²) in [4.78, 5) is 36.3. The zero-order valence-electron chi connectivity index (χ0n) is 13.6. The molecule has 7 nitrogen and oxygen atoms in total. The van der Waals surface area contributed by atoms with Crippen LogP contribution in [0.2, 0.25) is 0 Å². The van der Waals surface area contributed by atoms with Gasteiger partial charge in [-0.1, -0.05) is 36.3 Å². The van der Waals surface area contributed by atoms with Gasteiger partial charge in [0.25, 0.3) is 11.8 Å². The van der Waals surface area contributed by atoms with Crippen LogP contribution in [0.5, 0.6) is 11.5 Å². The zero-order chi connectivity index (χ0) is 18.6.